The van der Waals surface area contributed by atoms with Gasteiger partial charge in [0.1, 0.15) is 0 Å². The molecule has 6 aliphatic carbocycles. The molecule has 6 rings (SSSR count). The first-order valence-corrected chi connectivity index (χ1v) is 4.96. The highest BCUT2D eigenvalue weighted by Gasteiger charge is 2.98. The summed E-state index contributed by atoms with van der Waals surface area (Å²) in [5.74, 6) is 6.66. The van der Waals surface area contributed by atoms with Crippen LogP contribution < -0.4 is 0 Å². The van der Waals surface area contributed by atoms with Crippen LogP contribution in [-0.2, 0) is 0 Å². The van der Waals surface area contributed by atoms with Crippen LogP contribution in [0.25, 0.3) is 0 Å². The van der Waals surface area contributed by atoms with E-state index in [-0.39, 0.29) is 6.10 Å². The lowest BCUT2D eigenvalue weighted by Gasteiger charge is -2.90. The van der Waals surface area contributed by atoms with Gasteiger partial charge in [-0.05, 0) is 46.8 Å². The van der Waals surface area contributed by atoms with E-state index in [1.165, 1.54) is 0 Å². The zero-order chi connectivity index (χ0) is 7.12. The van der Waals surface area contributed by atoms with Gasteiger partial charge in [0.05, 0.1) is 6.10 Å². The van der Waals surface area contributed by atoms with Gasteiger partial charge < -0.3 is 5.11 Å². The van der Waals surface area contributed by atoms with Gasteiger partial charge in [0, 0.05) is 0 Å². The Bertz CT molecular complexity index is 277. The molecule has 4 unspecified atom stereocenters. The molecular weight excluding hydrogens is 136 g/mol. The quantitative estimate of drug-likeness (QED) is 0.537. The van der Waals surface area contributed by atoms with Crippen molar-refractivity contribution < 1.29 is 5.11 Å². The molecule has 1 nitrogen and oxygen atoms in total. The molecule has 1 heteroatoms. The van der Waals surface area contributed by atoms with Crippen LogP contribution in [0, 0.1) is 46.8 Å². The van der Waals surface area contributed by atoms with Gasteiger partial charge in [-0.2, -0.15) is 0 Å². The van der Waals surface area contributed by atoms with Gasteiger partial charge in [-0.25, -0.2) is 0 Å². The lowest BCUT2D eigenvalue weighted by Crippen LogP contribution is -2.87. The standard InChI is InChI=1S/C10H12O/c1-10-6-3-2-4(6)8(10)5(7(3)10)9(2)11/h2-9,11H,1H3/t2?,3-,4+,5?,6?,7+,8-,9-,10?/m0/s1. The van der Waals surface area contributed by atoms with Gasteiger partial charge in [0.25, 0.3) is 0 Å². The second kappa shape index (κ2) is 0.891. The highest BCUT2D eigenvalue weighted by Crippen LogP contribution is 2.99. The molecule has 0 saturated heterocycles. The molecule has 0 aromatic rings. The minimum absolute atomic E-state index is 0.145. The van der Waals surface area contributed by atoms with Gasteiger partial charge in [-0.15, -0.1) is 0 Å². The van der Waals surface area contributed by atoms with Crippen LogP contribution in [-0.4, -0.2) is 11.2 Å². The first kappa shape index (κ1) is 4.86. The van der Waals surface area contributed by atoms with Crippen LogP contribution in [0.2, 0.25) is 0 Å². The lowest BCUT2D eigenvalue weighted by molar-refractivity contribution is -0.440. The van der Waals surface area contributed by atoms with Crippen molar-refractivity contribution in [1.29, 1.82) is 0 Å². The summed E-state index contributed by atoms with van der Waals surface area (Å²) in [6.07, 6.45) is 0.145. The average Bonchev–Trinajstić information content (AvgIpc) is 2.16. The number of rotatable bonds is 0. The maximum absolute atomic E-state index is 9.86. The number of aliphatic hydroxyl groups is 1. The summed E-state index contributed by atoms with van der Waals surface area (Å²) in [5, 5.41) is 9.86. The van der Waals surface area contributed by atoms with Gasteiger partial charge in [0.2, 0.25) is 0 Å². The molecular formula is C10H12O. The predicted octanol–water partition coefficient (Wildman–Crippen LogP) is 0.735. The van der Waals surface area contributed by atoms with Crippen LogP contribution in [0.15, 0.2) is 0 Å². The van der Waals surface area contributed by atoms with Crippen molar-refractivity contribution >= 4 is 0 Å². The van der Waals surface area contributed by atoms with Crippen molar-refractivity contribution in [3.05, 3.63) is 0 Å². The van der Waals surface area contributed by atoms with E-state index in [2.05, 4.69) is 6.92 Å². The Morgan fingerprint density at radius 2 is 1.45 bits per heavy atom. The molecule has 0 aliphatic heterocycles. The summed E-state index contributed by atoms with van der Waals surface area (Å²) >= 11 is 0. The third-order valence-corrected chi connectivity index (χ3v) is 6.32. The van der Waals surface area contributed by atoms with Gasteiger partial charge >= 0.3 is 0 Å². The Labute approximate surface area is 65.8 Å². The summed E-state index contributed by atoms with van der Waals surface area (Å²) in [6.45, 7) is 2.48. The van der Waals surface area contributed by atoms with Gasteiger partial charge in [0.15, 0.2) is 0 Å². The van der Waals surface area contributed by atoms with Crippen molar-refractivity contribution in [2.45, 2.75) is 13.0 Å². The Kier molecular flexibility index (Phi) is 0.393. The first-order valence-electron chi connectivity index (χ1n) is 4.96. The molecule has 58 valence electrons. The van der Waals surface area contributed by atoms with E-state index in [0.717, 1.165) is 46.8 Å². The van der Waals surface area contributed by atoms with Crippen LogP contribution in [0.4, 0.5) is 0 Å². The van der Waals surface area contributed by atoms with Crippen molar-refractivity contribution in [1.82, 2.24) is 0 Å². The fraction of sp³-hybridized carbons (Fsp3) is 1.00. The highest BCUT2D eigenvalue weighted by molar-refractivity contribution is 5.44. The second-order valence-electron chi connectivity index (χ2n) is 5.74. The number of hydrogen-bond acceptors (Lipinski definition) is 1. The summed E-state index contributed by atoms with van der Waals surface area (Å²) in [7, 11) is 0. The predicted molar refractivity (Wildman–Crippen MR) is 38.5 cm³/mol. The summed E-state index contributed by atoms with van der Waals surface area (Å²) < 4.78 is 0. The maximum atomic E-state index is 9.86. The molecule has 0 radical (unpaired) electrons. The zero-order valence-electron chi connectivity index (χ0n) is 6.57. The molecule has 9 atom stereocenters. The summed E-state index contributed by atoms with van der Waals surface area (Å²) in [6, 6.07) is 0. The minimum Gasteiger partial charge on any atom is -0.393 e. The Hall–Kier alpha value is -0.0400. The molecule has 0 spiro atoms. The average molecular weight is 148 g/mol. The van der Waals surface area contributed by atoms with E-state index in [4.69, 9.17) is 0 Å². The highest BCUT2D eigenvalue weighted by atomic mass is 16.3. The Morgan fingerprint density at radius 3 is 1.91 bits per heavy atom. The molecule has 2 bridgehead atoms. The van der Waals surface area contributed by atoms with Crippen LogP contribution in [0.1, 0.15) is 6.92 Å². The zero-order valence-corrected chi connectivity index (χ0v) is 6.57. The fourth-order valence-electron chi connectivity index (χ4n) is 6.44. The largest absolute Gasteiger partial charge is 0.393 e. The monoisotopic (exact) mass is 148 g/mol. The van der Waals surface area contributed by atoms with Gasteiger partial charge in [-0.3, -0.25) is 0 Å². The molecule has 6 saturated carbocycles. The molecule has 0 amide bonds. The van der Waals surface area contributed by atoms with Crippen molar-refractivity contribution in [2.24, 2.45) is 46.8 Å². The van der Waals surface area contributed by atoms with E-state index in [9.17, 15) is 5.11 Å². The SMILES string of the molecule is CC12C3[C@H]4C5[C@H](O)C([C@H]41)[C@H]2[C@@H]53. The van der Waals surface area contributed by atoms with E-state index < -0.39 is 0 Å². The van der Waals surface area contributed by atoms with Gasteiger partial charge in [-0.1, -0.05) is 6.92 Å². The second-order valence-corrected chi connectivity index (χ2v) is 5.74. The number of aliphatic hydroxyl groups excluding tert-OH is 1. The lowest BCUT2D eigenvalue weighted by atomic mass is 9.14. The molecule has 1 N–H and O–H groups in total. The molecule has 6 aliphatic rings. The van der Waals surface area contributed by atoms with E-state index >= 15 is 0 Å². The Balaban J connectivity index is 1.84. The topological polar surface area (TPSA) is 20.2 Å². The van der Waals surface area contributed by atoms with Crippen molar-refractivity contribution in [3.63, 3.8) is 0 Å². The third kappa shape index (κ3) is 0.188. The smallest absolute Gasteiger partial charge is 0.0608 e. The molecule has 6 fully saturated rings. The first-order chi connectivity index (χ1) is 5.28. The van der Waals surface area contributed by atoms with Crippen LogP contribution in [0.5, 0.6) is 0 Å². The van der Waals surface area contributed by atoms with E-state index in [1.54, 1.807) is 0 Å². The van der Waals surface area contributed by atoms with E-state index in [0.29, 0.717) is 0 Å². The number of hydrogen-bond donors (Lipinski definition) is 1. The van der Waals surface area contributed by atoms with Crippen molar-refractivity contribution in [3.8, 4) is 0 Å². The maximum Gasteiger partial charge on any atom is 0.0608 e. The summed E-state index contributed by atoms with van der Waals surface area (Å²) in [5.41, 5.74) is 0.772. The molecule has 0 aromatic carbocycles. The van der Waals surface area contributed by atoms with E-state index in [1.807, 2.05) is 0 Å². The Morgan fingerprint density at radius 1 is 0.909 bits per heavy atom. The van der Waals surface area contributed by atoms with Crippen LogP contribution in [0.3, 0.4) is 0 Å². The summed E-state index contributed by atoms with van der Waals surface area (Å²) in [4.78, 5) is 0. The third-order valence-electron chi connectivity index (χ3n) is 6.32. The molecule has 0 heterocycles. The molecule has 0 aromatic heterocycles. The fourth-order valence-corrected chi connectivity index (χ4v) is 6.44. The van der Waals surface area contributed by atoms with Crippen LogP contribution >= 0.6 is 0 Å². The van der Waals surface area contributed by atoms with Crippen molar-refractivity contribution in [2.75, 3.05) is 0 Å². The molecule has 11 heavy (non-hydrogen) atoms. The normalized spacial score (nSPS) is 96.5. The minimum atomic E-state index is 0.145.